The number of carbonyl (C=O) groups excluding carboxylic acids is 1. The molecule has 2 aromatic heterocycles. The summed E-state index contributed by atoms with van der Waals surface area (Å²) in [6.07, 6.45) is 4.96. The average molecular weight is 343 g/mol. The Morgan fingerprint density at radius 1 is 1.33 bits per heavy atom. The van der Waals surface area contributed by atoms with Gasteiger partial charge < -0.3 is 10.2 Å². The summed E-state index contributed by atoms with van der Waals surface area (Å²) < 4.78 is 0. The molecule has 1 aliphatic heterocycles. The molecule has 0 radical (unpaired) electrons. The maximum atomic E-state index is 13.2. The maximum Gasteiger partial charge on any atom is 0.264 e. The highest BCUT2D eigenvalue weighted by Gasteiger charge is 2.27. The molecule has 1 saturated heterocycles. The molecule has 1 atom stereocenters. The van der Waals surface area contributed by atoms with Crippen LogP contribution in [-0.2, 0) is 6.54 Å². The van der Waals surface area contributed by atoms with Crippen molar-refractivity contribution < 1.29 is 4.79 Å². The van der Waals surface area contributed by atoms with Crippen LogP contribution in [-0.4, -0.2) is 34.9 Å². The summed E-state index contributed by atoms with van der Waals surface area (Å²) in [4.78, 5) is 21.8. The molecule has 1 aliphatic rings. The molecule has 1 unspecified atom stereocenters. The standard InChI is InChI=1S/C19H25N3OS/c1-14-12-18(24-15(14)2)19(23)22(13-16-6-3-4-10-21-16)17-7-5-9-20-11-8-17/h3-4,6,10,12,17,20H,5,7-9,11,13H2,1-2H3. The minimum Gasteiger partial charge on any atom is -0.329 e. The molecule has 1 fully saturated rings. The van der Waals surface area contributed by atoms with Crippen LogP contribution in [0.3, 0.4) is 0 Å². The first-order chi connectivity index (χ1) is 11.6. The van der Waals surface area contributed by atoms with Gasteiger partial charge in [-0.25, -0.2) is 0 Å². The number of nitrogens with zero attached hydrogens (tertiary/aromatic N) is 2. The number of pyridine rings is 1. The van der Waals surface area contributed by atoms with Crippen LogP contribution in [0.15, 0.2) is 30.5 Å². The molecule has 4 nitrogen and oxygen atoms in total. The first kappa shape index (κ1) is 17.1. The van der Waals surface area contributed by atoms with Crippen molar-refractivity contribution in [2.24, 2.45) is 0 Å². The number of carbonyl (C=O) groups is 1. The molecule has 1 amide bonds. The Labute approximate surface area is 147 Å². The Bertz CT molecular complexity index is 656. The fourth-order valence-corrected chi connectivity index (χ4v) is 4.16. The molecular formula is C19H25N3OS. The van der Waals surface area contributed by atoms with Gasteiger partial charge in [-0.05, 0) is 70.0 Å². The lowest BCUT2D eigenvalue weighted by atomic mass is 10.1. The third kappa shape index (κ3) is 4.02. The number of hydrogen-bond donors (Lipinski definition) is 1. The Balaban J connectivity index is 1.86. The highest BCUT2D eigenvalue weighted by molar-refractivity contribution is 7.14. The smallest absolute Gasteiger partial charge is 0.264 e. The van der Waals surface area contributed by atoms with Crippen LogP contribution in [0.25, 0.3) is 0 Å². The van der Waals surface area contributed by atoms with Crippen molar-refractivity contribution in [3.05, 3.63) is 51.5 Å². The van der Waals surface area contributed by atoms with Crippen LogP contribution >= 0.6 is 11.3 Å². The van der Waals surface area contributed by atoms with Gasteiger partial charge in [0.2, 0.25) is 0 Å². The van der Waals surface area contributed by atoms with E-state index < -0.39 is 0 Å². The third-order valence-electron chi connectivity index (χ3n) is 4.68. The topological polar surface area (TPSA) is 45.2 Å². The normalized spacial score (nSPS) is 18.2. The summed E-state index contributed by atoms with van der Waals surface area (Å²) in [6.45, 7) is 6.75. The van der Waals surface area contributed by atoms with E-state index in [1.165, 1.54) is 10.4 Å². The zero-order valence-corrected chi connectivity index (χ0v) is 15.2. The summed E-state index contributed by atoms with van der Waals surface area (Å²) in [5.41, 5.74) is 2.15. The number of amides is 1. The van der Waals surface area contributed by atoms with Gasteiger partial charge in [0.25, 0.3) is 5.91 Å². The summed E-state index contributed by atoms with van der Waals surface area (Å²) in [5.74, 6) is 0.147. The zero-order valence-electron chi connectivity index (χ0n) is 14.4. The van der Waals surface area contributed by atoms with Gasteiger partial charge in [-0.15, -0.1) is 11.3 Å². The molecule has 0 aromatic carbocycles. The van der Waals surface area contributed by atoms with Crippen LogP contribution in [0.4, 0.5) is 0 Å². The highest BCUT2D eigenvalue weighted by Crippen LogP contribution is 2.25. The fourth-order valence-electron chi connectivity index (χ4n) is 3.17. The lowest BCUT2D eigenvalue weighted by Gasteiger charge is -2.30. The Hall–Kier alpha value is -1.72. The van der Waals surface area contributed by atoms with Gasteiger partial charge in [-0.2, -0.15) is 0 Å². The Morgan fingerprint density at radius 3 is 2.92 bits per heavy atom. The van der Waals surface area contributed by atoms with Gasteiger partial charge in [-0.3, -0.25) is 9.78 Å². The van der Waals surface area contributed by atoms with Crippen LogP contribution in [0.1, 0.15) is 45.1 Å². The monoisotopic (exact) mass is 343 g/mol. The van der Waals surface area contributed by atoms with Crippen LogP contribution in [0.2, 0.25) is 0 Å². The molecule has 1 N–H and O–H groups in total. The van der Waals surface area contributed by atoms with Gasteiger partial charge in [0.15, 0.2) is 0 Å². The Kier molecular flexibility index (Phi) is 5.63. The van der Waals surface area contributed by atoms with Crippen LogP contribution < -0.4 is 5.32 Å². The lowest BCUT2D eigenvalue weighted by molar-refractivity contribution is 0.0647. The molecule has 0 aliphatic carbocycles. The summed E-state index contributed by atoms with van der Waals surface area (Å²) >= 11 is 1.60. The number of aryl methyl sites for hydroxylation is 2. The van der Waals surface area contributed by atoms with E-state index in [2.05, 4.69) is 24.1 Å². The first-order valence-corrected chi connectivity index (χ1v) is 9.45. The van der Waals surface area contributed by atoms with E-state index in [4.69, 9.17) is 0 Å². The molecule has 0 bridgehead atoms. The van der Waals surface area contributed by atoms with Crippen LogP contribution in [0.5, 0.6) is 0 Å². The molecule has 2 aromatic rings. The average Bonchev–Trinajstić information content (AvgIpc) is 2.80. The van der Waals surface area contributed by atoms with Crippen molar-refractivity contribution in [2.45, 2.75) is 45.7 Å². The van der Waals surface area contributed by atoms with E-state index in [0.717, 1.165) is 42.9 Å². The van der Waals surface area contributed by atoms with Crippen LogP contribution in [0, 0.1) is 13.8 Å². The third-order valence-corrected chi connectivity index (χ3v) is 5.82. The summed E-state index contributed by atoms with van der Waals surface area (Å²) in [7, 11) is 0. The molecule has 3 rings (SSSR count). The van der Waals surface area contributed by atoms with E-state index in [0.29, 0.717) is 6.54 Å². The number of nitrogens with one attached hydrogen (secondary N) is 1. The van der Waals surface area contributed by atoms with Gasteiger partial charge in [-0.1, -0.05) is 6.07 Å². The van der Waals surface area contributed by atoms with Crippen molar-refractivity contribution in [1.29, 1.82) is 0 Å². The molecule has 0 spiro atoms. The van der Waals surface area contributed by atoms with Crippen molar-refractivity contribution in [3.63, 3.8) is 0 Å². The van der Waals surface area contributed by atoms with E-state index in [1.54, 1.807) is 17.5 Å². The lowest BCUT2D eigenvalue weighted by Crippen LogP contribution is -2.40. The predicted molar refractivity (Wildman–Crippen MR) is 98.4 cm³/mol. The molecule has 0 saturated carbocycles. The van der Waals surface area contributed by atoms with Gasteiger partial charge in [0, 0.05) is 17.1 Å². The second-order valence-electron chi connectivity index (χ2n) is 6.44. The van der Waals surface area contributed by atoms with Gasteiger partial charge >= 0.3 is 0 Å². The zero-order chi connectivity index (χ0) is 16.9. The highest BCUT2D eigenvalue weighted by atomic mass is 32.1. The van der Waals surface area contributed by atoms with E-state index in [-0.39, 0.29) is 11.9 Å². The summed E-state index contributed by atoms with van der Waals surface area (Å²) in [6, 6.07) is 8.20. The number of hydrogen-bond acceptors (Lipinski definition) is 4. The molecule has 128 valence electrons. The van der Waals surface area contributed by atoms with Gasteiger partial charge in [0.05, 0.1) is 17.1 Å². The molecule has 5 heteroatoms. The number of aromatic nitrogens is 1. The van der Waals surface area contributed by atoms with Crippen molar-refractivity contribution >= 4 is 17.2 Å². The predicted octanol–water partition coefficient (Wildman–Crippen LogP) is 3.54. The van der Waals surface area contributed by atoms with E-state index in [1.807, 2.05) is 29.2 Å². The Morgan fingerprint density at radius 2 is 2.21 bits per heavy atom. The number of thiophene rings is 1. The van der Waals surface area contributed by atoms with Gasteiger partial charge in [0.1, 0.15) is 0 Å². The second kappa shape index (κ2) is 7.90. The quantitative estimate of drug-likeness (QED) is 0.923. The van der Waals surface area contributed by atoms with E-state index in [9.17, 15) is 4.79 Å². The SMILES string of the molecule is Cc1cc(C(=O)N(Cc2ccccn2)C2CCCNCC2)sc1C. The second-order valence-corrected chi connectivity index (χ2v) is 7.70. The number of rotatable bonds is 4. The maximum absolute atomic E-state index is 13.2. The van der Waals surface area contributed by atoms with E-state index >= 15 is 0 Å². The molecular weight excluding hydrogens is 318 g/mol. The molecule has 24 heavy (non-hydrogen) atoms. The minimum absolute atomic E-state index is 0.147. The van der Waals surface area contributed by atoms with Crippen molar-refractivity contribution in [2.75, 3.05) is 13.1 Å². The fraction of sp³-hybridized carbons (Fsp3) is 0.474. The summed E-state index contributed by atoms with van der Waals surface area (Å²) in [5, 5.41) is 3.44. The van der Waals surface area contributed by atoms with Crippen molar-refractivity contribution in [3.8, 4) is 0 Å². The van der Waals surface area contributed by atoms with Crippen molar-refractivity contribution in [1.82, 2.24) is 15.2 Å². The largest absolute Gasteiger partial charge is 0.329 e. The first-order valence-electron chi connectivity index (χ1n) is 8.64. The molecule has 3 heterocycles. The minimum atomic E-state index is 0.147.